The van der Waals surface area contributed by atoms with Crippen LogP contribution in [0.4, 0.5) is 0 Å². The van der Waals surface area contributed by atoms with Crippen LogP contribution in [0, 0.1) is 0 Å². The molecule has 0 aliphatic carbocycles. The van der Waals surface area contributed by atoms with Gasteiger partial charge in [-0.05, 0) is 19.3 Å². The lowest BCUT2D eigenvalue weighted by Gasteiger charge is -2.24. The number of unbranched alkanes of at least 4 members (excludes halogenated alkanes) is 12. The summed E-state index contributed by atoms with van der Waals surface area (Å²) in [7, 11) is -3.71. The van der Waals surface area contributed by atoms with Crippen LogP contribution in [0.5, 0.6) is 0 Å². The summed E-state index contributed by atoms with van der Waals surface area (Å²) in [5.41, 5.74) is 0. The standard InChI is InChI=1S/C25H48O6Si/c1-5-8-11-14-17-20-23(26)29-32(4,30-24(27)21-18-15-12-9-6-2)31-25(28)22-19-16-13-10-7-3/h5-22H2,1-4H3. The van der Waals surface area contributed by atoms with Crippen molar-refractivity contribution in [2.75, 3.05) is 0 Å². The molecule has 0 aliphatic heterocycles. The second kappa shape index (κ2) is 20.2. The van der Waals surface area contributed by atoms with Crippen LogP contribution in [-0.2, 0) is 27.7 Å². The molecule has 0 aromatic rings. The minimum Gasteiger partial charge on any atom is -0.455 e. The van der Waals surface area contributed by atoms with E-state index < -0.39 is 26.7 Å². The Morgan fingerprint density at radius 3 is 0.969 bits per heavy atom. The first-order valence-electron chi connectivity index (χ1n) is 13.0. The zero-order valence-corrected chi connectivity index (χ0v) is 22.2. The number of rotatable bonds is 21. The molecule has 7 heteroatoms. The topological polar surface area (TPSA) is 78.9 Å². The predicted octanol–water partition coefficient (Wildman–Crippen LogP) is 7.27. The molecular formula is C25H48O6Si. The molecule has 0 atom stereocenters. The van der Waals surface area contributed by atoms with E-state index in [9.17, 15) is 14.4 Å². The van der Waals surface area contributed by atoms with Gasteiger partial charge >= 0.3 is 8.80 Å². The second-order valence-corrected chi connectivity index (χ2v) is 11.1. The van der Waals surface area contributed by atoms with Crippen molar-refractivity contribution in [3.8, 4) is 0 Å². The molecule has 32 heavy (non-hydrogen) atoms. The third kappa shape index (κ3) is 18.2. The fraction of sp³-hybridized carbons (Fsp3) is 0.880. The van der Waals surface area contributed by atoms with E-state index in [0.29, 0.717) is 0 Å². The second-order valence-electron chi connectivity index (χ2n) is 8.78. The van der Waals surface area contributed by atoms with E-state index in [0.717, 1.165) is 96.3 Å². The Morgan fingerprint density at radius 1 is 0.469 bits per heavy atom. The Kier molecular flexibility index (Phi) is 19.4. The first-order valence-corrected chi connectivity index (χ1v) is 15.2. The fourth-order valence-electron chi connectivity index (χ4n) is 3.45. The fourth-order valence-corrected chi connectivity index (χ4v) is 5.13. The summed E-state index contributed by atoms with van der Waals surface area (Å²) in [5.74, 6) is -1.37. The molecule has 0 heterocycles. The quantitative estimate of drug-likeness (QED) is 0.129. The smallest absolute Gasteiger partial charge is 0.455 e. The van der Waals surface area contributed by atoms with Crippen molar-refractivity contribution in [1.82, 2.24) is 0 Å². The van der Waals surface area contributed by atoms with Crippen LogP contribution in [0.3, 0.4) is 0 Å². The number of hydrogen-bond acceptors (Lipinski definition) is 6. The summed E-state index contributed by atoms with van der Waals surface area (Å²) in [6.45, 7) is 7.90. The number of carbonyl (C=O) groups is 3. The van der Waals surface area contributed by atoms with Crippen LogP contribution in [0.1, 0.15) is 136 Å². The first kappa shape index (κ1) is 30.6. The van der Waals surface area contributed by atoms with Gasteiger partial charge in [-0.2, -0.15) is 0 Å². The Labute approximate surface area is 197 Å². The predicted molar refractivity (Wildman–Crippen MR) is 130 cm³/mol. The van der Waals surface area contributed by atoms with Gasteiger partial charge in [0, 0.05) is 25.8 Å². The molecule has 188 valence electrons. The van der Waals surface area contributed by atoms with Crippen molar-refractivity contribution in [3.63, 3.8) is 0 Å². The van der Waals surface area contributed by atoms with E-state index in [2.05, 4.69) is 20.8 Å². The highest BCUT2D eigenvalue weighted by molar-refractivity contribution is 6.64. The summed E-state index contributed by atoms with van der Waals surface area (Å²) in [4.78, 5) is 37.0. The molecule has 0 aliphatic rings. The summed E-state index contributed by atoms with van der Waals surface area (Å²) >= 11 is 0. The van der Waals surface area contributed by atoms with E-state index >= 15 is 0 Å². The zero-order valence-electron chi connectivity index (χ0n) is 21.2. The maximum atomic E-state index is 12.3. The normalized spacial score (nSPS) is 11.2. The summed E-state index contributed by atoms with van der Waals surface area (Å²) < 4.78 is 16.5. The van der Waals surface area contributed by atoms with Crippen LogP contribution in [0.15, 0.2) is 0 Å². The minimum atomic E-state index is -3.71. The Balaban J connectivity index is 4.68. The van der Waals surface area contributed by atoms with Gasteiger partial charge in [-0.25, -0.2) is 0 Å². The van der Waals surface area contributed by atoms with Crippen molar-refractivity contribution in [3.05, 3.63) is 0 Å². The van der Waals surface area contributed by atoms with E-state index in [-0.39, 0.29) is 19.3 Å². The molecule has 0 spiro atoms. The Morgan fingerprint density at radius 2 is 0.719 bits per heavy atom. The lowest BCUT2D eigenvalue weighted by atomic mass is 10.1. The molecular weight excluding hydrogens is 424 g/mol. The minimum absolute atomic E-state index is 0.245. The van der Waals surface area contributed by atoms with Gasteiger partial charge in [0.1, 0.15) is 0 Å². The van der Waals surface area contributed by atoms with E-state index in [4.69, 9.17) is 13.3 Å². The van der Waals surface area contributed by atoms with E-state index in [1.54, 1.807) is 0 Å². The highest BCUT2D eigenvalue weighted by atomic mass is 28.4. The van der Waals surface area contributed by atoms with Crippen molar-refractivity contribution >= 4 is 26.7 Å². The van der Waals surface area contributed by atoms with Gasteiger partial charge in [0.15, 0.2) is 0 Å². The van der Waals surface area contributed by atoms with Gasteiger partial charge in [-0.15, -0.1) is 0 Å². The number of carbonyl (C=O) groups excluding carboxylic acids is 3. The average molecular weight is 473 g/mol. The SMILES string of the molecule is CCCCCCCC(=O)O[Si](C)(OC(=O)CCCCCCC)OC(=O)CCCCCCC. The summed E-state index contributed by atoms with van der Waals surface area (Å²) in [6.07, 6.45) is 15.9. The molecule has 0 aromatic heterocycles. The van der Waals surface area contributed by atoms with Crippen molar-refractivity contribution < 1.29 is 27.7 Å². The van der Waals surface area contributed by atoms with Crippen molar-refractivity contribution in [1.29, 1.82) is 0 Å². The molecule has 0 saturated carbocycles. The molecule has 0 fully saturated rings. The lowest BCUT2D eigenvalue weighted by Crippen LogP contribution is -2.47. The van der Waals surface area contributed by atoms with Gasteiger partial charge in [0.25, 0.3) is 17.9 Å². The van der Waals surface area contributed by atoms with Gasteiger partial charge in [-0.3, -0.25) is 14.4 Å². The van der Waals surface area contributed by atoms with Crippen molar-refractivity contribution in [2.24, 2.45) is 0 Å². The van der Waals surface area contributed by atoms with E-state index in [1.807, 2.05) is 0 Å². The molecule has 0 aromatic carbocycles. The molecule has 0 unspecified atom stereocenters. The highest BCUT2D eigenvalue weighted by Gasteiger charge is 2.47. The monoisotopic (exact) mass is 472 g/mol. The van der Waals surface area contributed by atoms with Crippen LogP contribution in [-0.4, -0.2) is 26.7 Å². The molecule has 0 N–H and O–H groups in total. The van der Waals surface area contributed by atoms with Gasteiger partial charge < -0.3 is 13.3 Å². The maximum Gasteiger partial charge on any atom is 0.701 e. The molecule has 0 bridgehead atoms. The maximum absolute atomic E-state index is 12.3. The Hall–Kier alpha value is -1.37. The largest absolute Gasteiger partial charge is 0.701 e. The molecule has 0 radical (unpaired) electrons. The van der Waals surface area contributed by atoms with Crippen LogP contribution in [0.2, 0.25) is 6.55 Å². The molecule has 0 saturated heterocycles. The Bertz CT molecular complexity index is 439. The van der Waals surface area contributed by atoms with Gasteiger partial charge in [0.2, 0.25) is 0 Å². The van der Waals surface area contributed by atoms with Crippen molar-refractivity contribution in [2.45, 2.75) is 143 Å². The third-order valence-corrected chi connectivity index (χ3v) is 7.15. The van der Waals surface area contributed by atoms with Crippen LogP contribution < -0.4 is 0 Å². The highest BCUT2D eigenvalue weighted by Crippen LogP contribution is 2.17. The van der Waals surface area contributed by atoms with Gasteiger partial charge in [0.05, 0.1) is 0 Å². The summed E-state index contributed by atoms with van der Waals surface area (Å²) in [5, 5.41) is 0. The molecule has 0 rings (SSSR count). The van der Waals surface area contributed by atoms with E-state index in [1.165, 1.54) is 6.55 Å². The van der Waals surface area contributed by atoms with Crippen LogP contribution in [0.25, 0.3) is 0 Å². The average Bonchev–Trinajstić information content (AvgIpc) is 2.72. The number of hydrogen-bond donors (Lipinski definition) is 0. The van der Waals surface area contributed by atoms with Gasteiger partial charge in [-0.1, -0.05) is 97.8 Å². The molecule has 0 amide bonds. The zero-order chi connectivity index (χ0) is 24.1. The third-order valence-electron chi connectivity index (χ3n) is 5.35. The van der Waals surface area contributed by atoms with Crippen LogP contribution >= 0.6 is 0 Å². The molecule has 6 nitrogen and oxygen atoms in total. The lowest BCUT2D eigenvalue weighted by molar-refractivity contribution is -0.150. The summed E-state index contributed by atoms with van der Waals surface area (Å²) in [6, 6.07) is 0. The first-order chi connectivity index (χ1) is 15.4.